The average molecular weight is 360 g/mol. The maximum absolute atomic E-state index is 12.7. The summed E-state index contributed by atoms with van der Waals surface area (Å²) in [5.41, 5.74) is 0.872. The third kappa shape index (κ3) is 6.06. The minimum atomic E-state index is 0.0653. The number of amides is 1. The molecule has 1 aliphatic heterocycles. The Morgan fingerprint density at radius 1 is 1.19 bits per heavy atom. The van der Waals surface area contributed by atoms with Gasteiger partial charge in [-0.05, 0) is 50.6 Å². The molecule has 0 spiro atoms. The van der Waals surface area contributed by atoms with Gasteiger partial charge in [0.2, 0.25) is 5.91 Å². The van der Waals surface area contributed by atoms with Crippen molar-refractivity contribution in [3.05, 3.63) is 29.8 Å². The van der Waals surface area contributed by atoms with Gasteiger partial charge in [-0.2, -0.15) is 0 Å². The second-order valence-electron chi connectivity index (χ2n) is 6.67. The summed E-state index contributed by atoms with van der Waals surface area (Å²) in [7, 11) is 3.25. The van der Waals surface area contributed by atoms with E-state index in [1.165, 1.54) is 12.8 Å². The molecule has 144 valence electrons. The zero-order chi connectivity index (χ0) is 18.8. The molecule has 0 unspecified atom stereocenters. The molecule has 1 saturated heterocycles. The molecule has 1 amide bonds. The number of ether oxygens (including phenoxy) is 2. The minimum Gasteiger partial charge on any atom is -0.497 e. The highest BCUT2D eigenvalue weighted by Gasteiger charge is 2.15. The van der Waals surface area contributed by atoms with E-state index in [2.05, 4.69) is 11.8 Å². The lowest BCUT2D eigenvalue weighted by molar-refractivity contribution is -0.126. The molecular formula is C21H32N2O3. The number of methoxy groups -OCH3 is 2. The predicted molar refractivity (Wildman–Crippen MR) is 106 cm³/mol. The Morgan fingerprint density at radius 3 is 2.62 bits per heavy atom. The molecule has 0 bridgehead atoms. The van der Waals surface area contributed by atoms with Gasteiger partial charge in [0.15, 0.2) is 0 Å². The topological polar surface area (TPSA) is 42.0 Å². The lowest BCUT2D eigenvalue weighted by Gasteiger charge is -2.24. The van der Waals surface area contributed by atoms with Gasteiger partial charge in [-0.25, -0.2) is 0 Å². The highest BCUT2D eigenvalue weighted by molar-refractivity contribution is 5.92. The van der Waals surface area contributed by atoms with Crippen LogP contribution in [0.1, 0.15) is 38.2 Å². The quantitative estimate of drug-likeness (QED) is 0.600. The lowest BCUT2D eigenvalue weighted by atomic mass is 10.1. The normalized spacial score (nSPS) is 14.7. The van der Waals surface area contributed by atoms with Gasteiger partial charge < -0.3 is 19.3 Å². The molecule has 5 nitrogen and oxygen atoms in total. The van der Waals surface area contributed by atoms with Crippen LogP contribution < -0.4 is 9.47 Å². The average Bonchev–Trinajstić information content (AvgIpc) is 3.19. The number of carbonyl (C=O) groups excluding carboxylic acids is 1. The van der Waals surface area contributed by atoms with Crippen molar-refractivity contribution in [3.8, 4) is 11.5 Å². The first-order valence-electron chi connectivity index (χ1n) is 9.59. The molecule has 0 atom stereocenters. The summed E-state index contributed by atoms with van der Waals surface area (Å²) >= 11 is 0. The summed E-state index contributed by atoms with van der Waals surface area (Å²) < 4.78 is 10.6. The summed E-state index contributed by atoms with van der Waals surface area (Å²) in [6, 6.07) is 5.60. The summed E-state index contributed by atoms with van der Waals surface area (Å²) in [5, 5.41) is 0. The Labute approximate surface area is 157 Å². The van der Waals surface area contributed by atoms with Crippen LogP contribution in [0.25, 0.3) is 6.08 Å². The molecule has 2 rings (SSSR count). The van der Waals surface area contributed by atoms with Crippen molar-refractivity contribution < 1.29 is 14.3 Å². The van der Waals surface area contributed by atoms with E-state index in [0.717, 1.165) is 56.9 Å². The van der Waals surface area contributed by atoms with Gasteiger partial charge in [0.05, 0.1) is 14.2 Å². The molecule has 0 saturated carbocycles. The van der Waals surface area contributed by atoms with Crippen molar-refractivity contribution in [2.75, 3.05) is 46.9 Å². The van der Waals surface area contributed by atoms with E-state index in [0.29, 0.717) is 5.75 Å². The Balaban J connectivity index is 2.00. The van der Waals surface area contributed by atoms with Crippen LogP contribution >= 0.6 is 0 Å². The zero-order valence-electron chi connectivity index (χ0n) is 16.4. The molecule has 0 N–H and O–H groups in total. The van der Waals surface area contributed by atoms with E-state index in [9.17, 15) is 4.79 Å². The predicted octanol–water partition coefficient (Wildman–Crippen LogP) is 3.44. The van der Waals surface area contributed by atoms with E-state index in [-0.39, 0.29) is 5.91 Å². The van der Waals surface area contributed by atoms with Crippen LogP contribution in [0, 0.1) is 0 Å². The number of benzene rings is 1. The summed E-state index contributed by atoms with van der Waals surface area (Å²) in [5.74, 6) is 1.50. The monoisotopic (exact) mass is 360 g/mol. The van der Waals surface area contributed by atoms with Crippen molar-refractivity contribution >= 4 is 12.0 Å². The Morgan fingerprint density at radius 2 is 1.96 bits per heavy atom. The number of hydrogen-bond donors (Lipinski definition) is 0. The summed E-state index contributed by atoms with van der Waals surface area (Å²) in [6.45, 7) is 7.05. The molecule has 0 aliphatic carbocycles. The van der Waals surface area contributed by atoms with Crippen LogP contribution in [-0.4, -0.2) is 62.7 Å². The van der Waals surface area contributed by atoms with Crippen LogP contribution in [0.3, 0.4) is 0 Å². The lowest BCUT2D eigenvalue weighted by Crippen LogP contribution is -2.37. The minimum absolute atomic E-state index is 0.0653. The first-order valence-corrected chi connectivity index (χ1v) is 9.59. The van der Waals surface area contributed by atoms with Crippen LogP contribution in [0.2, 0.25) is 0 Å². The molecule has 1 fully saturated rings. The number of nitrogens with zero attached hydrogens (tertiary/aromatic N) is 2. The number of rotatable bonds is 10. The first-order chi connectivity index (χ1) is 12.7. The molecule has 0 aromatic heterocycles. The summed E-state index contributed by atoms with van der Waals surface area (Å²) in [4.78, 5) is 17.1. The maximum atomic E-state index is 12.7. The van der Waals surface area contributed by atoms with Crippen LogP contribution in [-0.2, 0) is 4.79 Å². The SMILES string of the molecule is CCCCN(CCN1CCCC1)C(=O)/C=C/c1ccc(OC)cc1OC. The van der Waals surface area contributed by atoms with Gasteiger partial charge in [-0.15, -0.1) is 0 Å². The molecule has 26 heavy (non-hydrogen) atoms. The molecule has 1 aromatic rings. The van der Waals surface area contributed by atoms with Gasteiger partial charge in [-0.3, -0.25) is 4.79 Å². The molecule has 0 radical (unpaired) electrons. The first kappa shape index (κ1) is 20.3. The third-order valence-corrected chi connectivity index (χ3v) is 4.82. The number of carbonyl (C=O) groups is 1. The van der Waals surface area contributed by atoms with Crippen LogP contribution in [0.5, 0.6) is 11.5 Å². The molecule has 1 heterocycles. The number of hydrogen-bond acceptors (Lipinski definition) is 4. The summed E-state index contributed by atoms with van der Waals surface area (Å²) in [6.07, 6.45) is 8.16. The van der Waals surface area contributed by atoms with Crippen molar-refractivity contribution in [1.29, 1.82) is 0 Å². The Kier molecular flexibility index (Phi) is 8.48. The standard InChI is InChI=1S/C21H32N2O3/c1-4-5-14-23(16-15-22-12-6-7-13-22)21(24)11-9-18-8-10-19(25-2)17-20(18)26-3/h8-11,17H,4-7,12-16H2,1-3H3/b11-9+. The highest BCUT2D eigenvalue weighted by atomic mass is 16.5. The van der Waals surface area contributed by atoms with Gasteiger partial charge in [0.1, 0.15) is 11.5 Å². The Bertz CT molecular complexity index is 595. The van der Waals surface area contributed by atoms with Gasteiger partial charge >= 0.3 is 0 Å². The van der Waals surface area contributed by atoms with Gasteiger partial charge in [0.25, 0.3) is 0 Å². The number of likely N-dealkylation sites (tertiary alicyclic amines) is 1. The Hall–Kier alpha value is -2.01. The van der Waals surface area contributed by atoms with Crippen molar-refractivity contribution in [1.82, 2.24) is 9.80 Å². The zero-order valence-corrected chi connectivity index (χ0v) is 16.4. The molecule has 1 aromatic carbocycles. The fourth-order valence-corrected chi connectivity index (χ4v) is 3.17. The second-order valence-corrected chi connectivity index (χ2v) is 6.67. The van der Waals surface area contributed by atoms with Crippen molar-refractivity contribution in [2.24, 2.45) is 0 Å². The van der Waals surface area contributed by atoms with E-state index < -0.39 is 0 Å². The maximum Gasteiger partial charge on any atom is 0.246 e. The van der Waals surface area contributed by atoms with E-state index in [1.54, 1.807) is 20.3 Å². The largest absolute Gasteiger partial charge is 0.497 e. The molecule has 1 aliphatic rings. The highest BCUT2D eigenvalue weighted by Crippen LogP contribution is 2.25. The smallest absolute Gasteiger partial charge is 0.246 e. The van der Waals surface area contributed by atoms with E-state index >= 15 is 0 Å². The van der Waals surface area contributed by atoms with Crippen LogP contribution in [0.4, 0.5) is 0 Å². The van der Waals surface area contributed by atoms with Crippen molar-refractivity contribution in [3.63, 3.8) is 0 Å². The fourth-order valence-electron chi connectivity index (χ4n) is 3.17. The van der Waals surface area contributed by atoms with Crippen molar-refractivity contribution in [2.45, 2.75) is 32.6 Å². The van der Waals surface area contributed by atoms with E-state index in [4.69, 9.17) is 9.47 Å². The van der Waals surface area contributed by atoms with Gasteiger partial charge in [0, 0.05) is 37.3 Å². The van der Waals surface area contributed by atoms with E-state index in [1.807, 2.05) is 29.2 Å². The number of unbranched alkanes of at least 4 members (excludes halogenated alkanes) is 1. The second kappa shape index (κ2) is 10.9. The molecule has 5 heteroatoms. The molecular weight excluding hydrogens is 328 g/mol. The fraction of sp³-hybridized carbons (Fsp3) is 0.571. The third-order valence-electron chi connectivity index (χ3n) is 4.82. The van der Waals surface area contributed by atoms with Gasteiger partial charge in [-0.1, -0.05) is 13.3 Å². The van der Waals surface area contributed by atoms with Crippen LogP contribution in [0.15, 0.2) is 24.3 Å².